The second-order valence-electron chi connectivity index (χ2n) is 7.51. The Kier molecular flexibility index (Phi) is 4.13. The third kappa shape index (κ3) is 3.02. The van der Waals surface area contributed by atoms with Crippen LogP contribution in [0, 0.1) is 6.92 Å². The second kappa shape index (κ2) is 6.84. The van der Waals surface area contributed by atoms with Gasteiger partial charge in [0, 0.05) is 35.8 Å². The van der Waals surface area contributed by atoms with Crippen molar-refractivity contribution in [2.24, 2.45) is 0 Å². The lowest BCUT2D eigenvalue weighted by molar-refractivity contribution is -0.127. The molecule has 1 aliphatic heterocycles. The van der Waals surface area contributed by atoms with Crippen LogP contribution in [-0.2, 0) is 17.8 Å². The first kappa shape index (κ1) is 18.1. The van der Waals surface area contributed by atoms with E-state index in [1.54, 1.807) is 12.3 Å². The minimum absolute atomic E-state index is 0.0470. The number of hydrogen-bond acceptors (Lipinski definition) is 4. The van der Waals surface area contributed by atoms with Crippen LogP contribution in [0.5, 0.6) is 0 Å². The number of carbonyl (C=O) groups is 2. The summed E-state index contributed by atoms with van der Waals surface area (Å²) in [6.07, 6.45) is 3.96. The van der Waals surface area contributed by atoms with E-state index < -0.39 is 12.1 Å². The molecule has 1 aliphatic rings. The third-order valence-electron chi connectivity index (χ3n) is 5.39. The van der Waals surface area contributed by atoms with Crippen molar-refractivity contribution in [3.05, 3.63) is 82.0 Å². The van der Waals surface area contributed by atoms with Crippen molar-refractivity contribution in [1.82, 2.24) is 24.6 Å². The minimum Gasteiger partial charge on any atom is -0.361 e. The van der Waals surface area contributed by atoms with E-state index in [0.29, 0.717) is 17.8 Å². The lowest BCUT2D eigenvalue weighted by atomic mass is 10.1. The van der Waals surface area contributed by atoms with Gasteiger partial charge < -0.3 is 10.3 Å². The lowest BCUT2D eigenvalue weighted by Crippen LogP contribution is -2.32. The molecule has 1 fully saturated rings. The molecule has 0 unspecified atom stereocenters. The number of fused-ring (bicyclic) bond motifs is 2. The van der Waals surface area contributed by atoms with Crippen LogP contribution >= 0.6 is 0 Å². The smallest absolute Gasteiger partial charge is 0.325 e. The number of aryl methyl sites for hydroxylation is 1. The van der Waals surface area contributed by atoms with Gasteiger partial charge in [-0.1, -0.05) is 24.3 Å². The number of aromatic nitrogens is 3. The number of amides is 3. The Labute approximate surface area is 171 Å². The molecular formula is C22H19N5O3. The summed E-state index contributed by atoms with van der Waals surface area (Å²) in [4.78, 5) is 46.5. The number of H-pyrrole nitrogens is 1. The highest BCUT2D eigenvalue weighted by atomic mass is 16.2. The molecule has 5 rings (SSSR count). The van der Waals surface area contributed by atoms with Crippen molar-refractivity contribution < 1.29 is 9.59 Å². The molecule has 3 aromatic heterocycles. The van der Waals surface area contributed by atoms with Gasteiger partial charge in [-0.3, -0.25) is 18.9 Å². The van der Waals surface area contributed by atoms with Crippen LogP contribution in [0.2, 0.25) is 0 Å². The van der Waals surface area contributed by atoms with Gasteiger partial charge in [0.05, 0.1) is 12.2 Å². The molecule has 3 amide bonds. The Bertz CT molecular complexity index is 1370. The summed E-state index contributed by atoms with van der Waals surface area (Å²) in [6.45, 7) is 1.84. The fraction of sp³-hybridized carbons (Fsp3) is 0.182. The van der Waals surface area contributed by atoms with Crippen LogP contribution in [0.3, 0.4) is 0 Å². The number of pyridine rings is 1. The van der Waals surface area contributed by atoms with Crippen LogP contribution in [0.1, 0.15) is 16.8 Å². The Hall–Kier alpha value is -3.94. The van der Waals surface area contributed by atoms with Gasteiger partial charge in [-0.05, 0) is 30.2 Å². The summed E-state index contributed by atoms with van der Waals surface area (Å²) in [6, 6.07) is 11.7. The molecule has 0 spiro atoms. The normalized spacial score (nSPS) is 16.6. The summed E-state index contributed by atoms with van der Waals surface area (Å²) in [5, 5.41) is 3.77. The molecule has 30 heavy (non-hydrogen) atoms. The number of urea groups is 1. The number of rotatable bonds is 4. The van der Waals surface area contributed by atoms with E-state index in [2.05, 4.69) is 15.3 Å². The molecule has 2 N–H and O–H groups in total. The minimum atomic E-state index is -0.652. The molecular weight excluding hydrogens is 382 g/mol. The summed E-state index contributed by atoms with van der Waals surface area (Å²) in [5.74, 6) is -0.323. The predicted octanol–water partition coefficient (Wildman–Crippen LogP) is 2.15. The Balaban J connectivity index is 1.39. The maximum absolute atomic E-state index is 12.9. The van der Waals surface area contributed by atoms with E-state index >= 15 is 0 Å². The Morgan fingerprint density at radius 1 is 1.10 bits per heavy atom. The van der Waals surface area contributed by atoms with Crippen LogP contribution in [0.15, 0.2) is 59.7 Å². The van der Waals surface area contributed by atoms with Crippen LogP contribution in [0.25, 0.3) is 16.6 Å². The van der Waals surface area contributed by atoms with Crippen LogP contribution < -0.4 is 10.9 Å². The monoisotopic (exact) mass is 401 g/mol. The maximum Gasteiger partial charge on any atom is 0.325 e. The molecule has 8 heteroatoms. The molecule has 150 valence electrons. The van der Waals surface area contributed by atoms with Gasteiger partial charge in [-0.2, -0.15) is 0 Å². The van der Waals surface area contributed by atoms with Gasteiger partial charge in [0.2, 0.25) is 0 Å². The van der Waals surface area contributed by atoms with Crippen molar-refractivity contribution in [2.45, 2.75) is 25.9 Å². The first-order valence-electron chi connectivity index (χ1n) is 9.65. The molecule has 0 saturated carbocycles. The molecule has 8 nitrogen and oxygen atoms in total. The zero-order valence-corrected chi connectivity index (χ0v) is 16.3. The largest absolute Gasteiger partial charge is 0.361 e. The number of carbonyl (C=O) groups excluding carboxylic acids is 2. The zero-order chi connectivity index (χ0) is 20.8. The highest BCUT2D eigenvalue weighted by Gasteiger charge is 2.38. The van der Waals surface area contributed by atoms with Crippen LogP contribution in [-0.4, -0.2) is 37.2 Å². The molecule has 1 atom stereocenters. The molecule has 0 bridgehead atoms. The topological polar surface area (TPSA) is 99.6 Å². The Morgan fingerprint density at radius 3 is 2.80 bits per heavy atom. The number of benzene rings is 1. The maximum atomic E-state index is 12.9. The van der Waals surface area contributed by atoms with Crippen molar-refractivity contribution >= 4 is 28.5 Å². The summed E-state index contributed by atoms with van der Waals surface area (Å²) in [7, 11) is 0. The van der Waals surface area contributed by atoms with Gasteiger partial charge in [-0.15, -0.1) is 0 Å². The van der Waals surface area contributed by atoms with Crippen LogP contribution in [0.4, 0.5) is 4.79 Å². The molecule has 0 radical (unpaired) electrons. The van der Waals surface area contributed by atoms with E-state index in [1.807, 2.05) is 43.5 Å². The van der Waals surface area contributed by atoms with Gasteiger partial charge in [-0.25, -0.2) is 9.78 Å². The number of para-hydroxylation sites is 1. The summed E-state index contributed by atoms with van der Waals surface area (Å²) in [5.41, 5.74) is 3.49. The van der Waals surface area contributed by atoms with E-state index in [9.17, 15) is 14.4 Å². The fourth-order valence-electron chi connectivity index (χ4n) is 3.89. The standard InChI is InChI=1S/C22H19N5O3/c1-13-6-7-19-24-15(9-20(28)26(19)11-13)12-27-21(29)18(25-22(27)30)8-14-10-23-17-5-3-2-4-16(14)17/h2-7,9-11,18,23H,8,12H2,1H3,(H,25,30)/t18-/m1/s1. The first-order valence-corrected chi connectivity index (χ1v) is 9.65. The van der Waals surface area contributed by atoms with E-state index in [4.69, 9.17) is 0 Å². The quantitative estimate of drug-likeness (QED) is 0.512. The molecule has 4 heterocycles. The molecule has 0 aliphatic carbocycles. The second-order valence-corrected chi connectivity index (χ2v) is 7.51. The summed E-state index contributed by atoms with van der Waals surface area (Å²) < 4.78 is 1.45. The van der Waals surface area contributed by atoms with Gasteiger partial charge in [0.1, 0.15) is 11.7 Å². The average Bonchev–Trinajstić information content (AvgIpc) is 3.25. The van der Waals surface area contributed by atoms with Crippen molar-refractivity contribution in [3.8, 4) is 0 Å². The van der Waals surface area contributed by atoms with E-state index in [-0.39, 0.29) is 18.0 Å². The van der Waals surface area contributed by atoms with E-state index in [1.165, 1.54) is 10.5 Å². The molecule has 1 saturated heterocycles. The van der Waals surface area contributed by atoms with Crippen molar-refractivity contribution in [2.75, 3.05) is 0 Å². The molecule has 1 aromatic carbocycles. The number of aromatic amines is 1. The highest BCUT2D eigenvalue weighted by molar-refractivity contribution is 6.04. The zero-order valence-electron chi connectivity index (χ0n) is 16.3. The number of imide groups is 1. The number of nitrogens with zero attached hydrogens (tertiary/aromatic N) is 3. The van der Waals surface area contributed by atoms with Gasteiger partial charge in [0.25, 0.3) is 11.5 Å². The highest BCUT2D eigenvalue weighted by Crippen LogP contribution is 2.21. The SMILES string of the molecule is Cc1ccc2nc(CN3C(=O)N[C@H](Cc4c[nH]c5ccccc45)C3=O)cc(=O)n2c1. The van der Waals surface area contributed by atoms with E-state index in [0.717, 1.165) is 26.9 Å². The Morgan fingerprint density at radius 2 is 1.93 bits per heavy atom. The van der Waals surface area contributed by atoms with Crippen molar-refractivity contribution in [1.29, 1.82) is 0 Å². The molecule has 4 aromatic rings. The number of nitrogens with one attached hydrogen (secondary N) is 2. The van der Waals surface area contributed by atoms with Gasteiger partial charge >= 0.3 is 6.03 Å². The first-order chi connectivity index (χ1) is 14.5. The van der Waals surface area contributed by atoms with Crippen molar-refractivity contribution in [3.63, 3.8) is 0 Å². The van der Waals surface area contributed by atoms with Gasteiger partial charge in [0.15, 0.2) is 0 Å². The lowest BCUT2D eigenvalue weighted by Gasteiger charge is -2.13. The predicted molar refractivity (Wildman–Crippen MR) is 111 cm³/mol. The summed E-state index contributed by atoms with van der Waals surface area (Å²) >= 11 is 0. The fourth-order valence-corrected chi connectivity index (χ4v) is 3.89. The third-order valence-corrected chi connectivity index (χ3v) is 5.39. The number of hydrogen-bond donors (Lipinski definition) is 2. The average molecular weight is 401 g/mol.